The minimum atomic E-state index is -0.277. The van der Waals surface area contributed by atoms with E-state index in [2.05, 4.69) is 28.7 Å². The smallest absolute Gasteiger partial charge is 0.260 e. The Morgan fingerprint density at radius 3 is 2.34 bits per heavy atom. The molecule has 1 amide bonds. The third-order valence-electron chi connectivity index (χ3n) is 5.66. The van der Waals surface area contributed by atoms with Gasteiger partial charge >= 0.3 is 0 Å². The van der Waals surface area contributed by atoms with Crippen molar-refractivity contribution in [1.29, 1.82) is 0 Å². The maximum Gasteiger partial charge on any atom is 0.260 e. The number of halogens is 1. The molecule has 4 rings (SSSR count). The second kappa shape index (κ2) is 9.77. The van der Waals surface area contributed by atoms with Gasteiger partial charge in [0.1, 0.15) is 23.7 Å². The number of anilines is 1. The van der Waals surface area contributed by atoms with E-state index in [9.17, 15) is 9.18 Å². The molecule has 0 bridgehead atoms. The molecule has 1 fully saturated rings. The molecule has 166 valence electrons. The zero-order valence-electron chi connectivity index (χ0n) is 18.4. The quantitative estimate of drug-likeness (QED) is 0.584. The maximum atomic E-state index is 13.2. The van der Waals surface area contributed by atoms with Crippen LogP contribution in [0.3, 0.4) is 0 Å². The molecule has 0 atom stereocenters. The highest BCUT2D eigenvalue weighted by Crippen LogP contribution is 2.22. The van der Waals surface area contributed by atoms with Crippen LogP contribution in [0, 0.1) is 5.82 Å². The number of carbonyl (C=O) groups is 1. The van der Waals surface area contributed by atoms with Gasteiger partial charge in [-0.05, 0) is 47.9 Å². The topological polar surface area (TPSA) is 58.6 Å². The van der Waals surface area contributed by atoms with Crippen LogP contribution in [0.4, 0.5) is 10.2 Å². The van der Waals surface area contributed by atoms with Crippen molar-refractivity contribution >= 4 is 11.7 Å². The Labute approximate surface area is 187 Å². The van der Waals surface area contributed by atoms with Gasteiger partial charge in [0.15, 0.2) is 6.61 Å². The Bertz CT molecular complexity index is 1050. The lowest BCUT2D eigenvalue weighted by atomic mass is 10.0. The van der Waals surface area contributed by atoms with E-state index >= 15 is 0 Å². The van der Waals surface area contributed by atoms with Crippen LogP contribution >= 0.6 is 0 Å². The van der Waals surface area contributed by atoms with Crippen LogP contribution in [0.15, 0.2) is 60.9 Å². The summed E-state index contributed by atoms with van der Waals surface area (Å²) in [6.45, 7) is 6.87. The molecule has 3 aromatic rings. The molecule has 1 aliphatic heterocycles. The Hall–Kier alpha value is -3.48. The SMILES string of the molecule is CC(C)c1ccc(OCC(=O)N2CCN(c3cc(-c4ccc(F)cc4)ncn3)CC2)cc1. The van der Waals surface area contributed by atoms with E-state index in [0.717, 1.165) is 17.1 Å². The highest BCUT2D eigenvalue weighted by Gasteiger charge is 2.22. The number of aromatic nitrogens is 2. The predicted molar refractivity (Wildman–Crippen MR) is 122 cm³/mol. The first kappa shape index (κ1) is 21.7. The van der Waals surface area contributed by atoms with Gasteiger partial charge in [-0.15, -0.1) is 0 Å². The molecule has 32 heavy (non-hydrogen) atoms. The van der Waals surface area contributed by atoms with Crippen molar-refractivity contribution in [2.24, 2.45) is 0 Å². The van der Waals surface area contributed by atoms with Crippen molar-refractivity contribution < 1.29 is 13.9 Å². The number of nitrogens with zero attached hydrogens (tertiary/aromatic N) is 4. The fourth-order valence-corrected chi connectivity index (χ4v) is 3.67. The fourth-order valence-electron chi connectivity index (χ4n) is 3.67. The Balaban J connectivity index is 1.30. The van der Waals surface area contributed by atoms with E-state index < -0.39 is 0 Å². The second-order valence-electron chi connectivity index (χ2n) is 8.15. The number of carbonyl (C=O) groups excluding carboxylic acids is 1. The molecule has 0 N–H and O–H groups in total. The van der Waals surface area contributed by atoms with E-state index in [1.165, 1.54) is 24.0 Å². The van der Waals surface area contributed by atoms with Gasteiger partial charge in [-0.3, -0.25) is 4.79 Å². The monoisotopic (exact) mass is 434 g/mol. The summed E-state index contributed by atoms with van der Waals surface area (Å²) in [6, 6.07) is 16.0. The molecule has 6 nitrogen and oxygen atoms in total. The molecular weight excluding hydrogens is 407 g/mol. The third-order valence-corrected chi connectivity index (χ3v) is 5.66. The van der Waals surface area contributed by atoms with Gasteiger partial charge in [0.05, 0.1) is 5.69 Å². The number of hydrogen-bond acceptors (Lipinski definition) is 5. The molecule has 0 radical (unpaired) electrons. The minimum absolute atomic E-state index is 0.0210. The molecule has 2 aromatic carbocycles. The van der Waals surface area contributed by atoms with Crippen LogP contribution in [0.2, 0.25) is 0 Å². The molecule has 1 aromatic heterocycles. The van der Waals surface area contributed by atoms with Crippen molar-refractivity contribution in [3.63, 3.8) is 0 Å². The van der Waals surface area contributed by atoms with E-state index in [0.29, 0.717) is 37.8 Å². The molecule has 0 unspecified atom stereocenters. The first-order valence-electron chi connectivity index (χ1n) is 10.8. The van der Waals surface area contributed by atoms with Gasteiger partial charge in [0.2, 0.25) is 0 Å². The zero-order chi connectivity index (χ0) is 22.5. The number of ether oxygens (including phenoxy) is 1. The lowest BCUT2D eigenvalue weighted by molar-refractivity contribution is -0.133. The average Bonchev–Trinajstić information content (AvgIpc) is 2.83. The largest absolute Gasteiger partial charge is 0.484 e. The van der Waals surface area contributed by atoms with Crippen LogP contribution in [0.25, 0.3) is 11.3 Å². The standard InChI is InChI=1S/C25H27FN4O2/c1-18(2)19-5-9-22(10-6-19)32-16-25(31)30-13-11-29(12-14-30)24-15-23(27-17-28-24)20-3-7-21(26)8-4-20/h3-10,15,17-18H,11-14,16H2,1-2H3. The highest BCUT2D eigenvalue weighted by atomic mass is 19.1. The molecule has 0 spiro atoms. The number of rotatable bonds is 6. The number of benzene rings is 2. The maximum absolute atomic E-state index is 13.2. The summed E-state index contributed by atoms with van der Waals surface area (Å²) < 4.78 is 18.9. The van der Waals surface area contributed by atoms with Crippen LogP contribution in [-0.4, -0.2) is 53.6 Å². The summed E-state index contributed by atoms with van der Waals surface area (Å²) in [5.74, 6) is 1.67. The summed E-state index contributed by atoms with van der Waals surface area (Å²) >= 11 is 0. The Kier molecular flexibility index (Phi) is 6.63. The Morgan fingerprint density at radius 2 is 1.69 bits per heavy atom. The van der Waals surface area contributed by atoms with Gasteiger partial charge in [0.25, 0.3) is 5.91 Å². The summed E-state index contributed by atoms with van der Waals surface area (Å²) in [4.78, 5) is 25.2. The van der Waals surface area contributed by atoms with Crippen LogP contribution in [-0.2, 0) is 4.79 Å². The predicted octanol–water partition coefficient (Wildman–Crippen LogP) is 4.13. The normalized spacial score (nSPS) is 14.0. The molecular formula is C25H27FN4O2. The average molecular weight is 435 g/mol. The molecule has 0 aliphatic carbocycles. The first-order valence-corrected chi connectivity index (χ1v) is 10.8. The number of piperazine rings is 1. The van der Waals surface area contributed by atoms with Crippen molar-refractivity contribution in [3.8, 4) is 17.0 Å². The molecule has 1 aliphatic rings. The molecule has 2 heterocycles. The third kappa shape index (κ3) is 5.22. The van der Waals surface area contributed by atoms with Crippen LogP contribution in [0.5, 0.6) is 5.75 Å². The van der Waals surface area contributed by atoms with Gasteiger partial charge in [0, 0.05) is 37.8 Å². The number of amides is 1. The first-order chi connectivity index (χ1) is 15.5. The van der Waals surface area contributed by atoms with E-state index in [-0.39, 0.29) is 18.3 Å². The van der Waals surface area contributed by atoms with Crippen LogP contribution < -0.4 is 9.64 Å². The van der Waals surface area contributed by atoms with Gasteiger partial charge < -0.3 is 14.5 Å². The number of hydrogen-bond donors (Lipinski definition) is 0. The van der Waals surface area contributed by atoms with E-state index in [1.807, 2.05) is 35.2 Å². The van der Waals surface area contributed by atoms with Gasteiger partial charge in [-0.1, -0.05) is 26.0 Å². The fraction of sp³-hybridized carbons (Fsp3) is 0.320. The van der Waals surface area contributed by atoms with Crippen molar-refractivity contribution in [1.82, 2.24) is 14.9 Å². The van der Waals surface area contributed by atoms with E-state index in [1.54, 1.807) is 12.1 Å². The molecule has 7 heteroatoms. The summed E-state index contributed by atoms with van der Waals surface area (Å²) in [5, 5.41) is 0. The summed E-state index contributed by atoms with van der Waals surface area (Å²) in [7, 11) is 0. The molecule has 1 saturated heterocycles. The van der Waals surface area contributed by atoms with Crippen molar-refractivity contribution in [3.05, 3.63) is 72.3 Å². The van der Waals surface area contributed by atoms with Crippen LogP contribution in [0.1, 0.15) is 25.3 Å². The summed E-state index contributed by atoms with van der Waals surface area (Å²) in [6.07, 6.45) is 1.52. The lowest BCUT2D eigenvalue weighted by Crippen LogP contribution is -2.50. The second-order valence-corrected chi connectivity index (χ2v) is 8.15. The van der Waals surface area contributed by atoms with E-state index in [4.69, 9.17) is 4.74 Å². The molecule has 0 saturated carbocycles. The zero-order valence-corrected chi connectivity index (χ0v) is 18.4. The minimum Gasteiger partial charge on any atom is -0.484 e. The lowest BCUT2D eigenvalue weighted by Gasteiger charge is -2.35. The van der Waals surface area contributed by atoms with Gasteiger partial charge in [-0.25, -0.2) is 14.4 Å². The summed E-state index contributed by atoms with van der Waals surface area (Å²) in [5.41, 5.74) is 2.82. The van der Waals surface area contributed by atoms with Crippen molar-refractivity contribution in [2.45, 2.75) is 19.8 Å². The van der Waals surface area contributed by atoms with Gasteiger partial charge in [-0.2, -0.15) is 0 Å². The van der Waals surface area contributed by atoms with Crippen molar-refractivity contribution in [2.75, 3.05) is 37.7 Å². The Morgan fingerprint density at radius 1 is 1.00 bits per heavy atom. The highest BCUT2D eigenvalue weighted by molar-refractivity contribution is 5.78.